The molecule has 13 heavy (non-hydrogen) atoms. The van der Waals surface area contributed by atoms with E-state index in [4.69, 9.17) is 4.74 Å². The molecule has 0 saturated carbocycles. The van der Waals surface area contributed by atoms with Crippen LogP contribution < -0.4 is 5.43 Å². The topological polar surface area (TPSA) is 33.6 Å². The molecule has 1 atom stereocenters. The van der Waals surface area contributed by atoms with Gasteiger partial charge in [-0.05, 0) is 26.2 Å². The van der Waals surface area contributed by atoms with E-state index >= 15 is 0 Å². The molecular weight excluding hydrogens is 164 g/mol. The predicted octanol–water partition coefficient (Wildman–Crippen LogP) is 1.93. The van der Waals surface area contributed by atoms with Crippen molar-refractivity contribution in [1.82, 2.24) is 5.43 Å². The Kier molecular flexibility index (Phi) is 4.83. The van der Waals surface area contributed by atoms with Crippen LogP contribution in [0.5, 0.6) is 0 Å². The van der Waals surface area contributed by atoms with Gasteiger partial charge in [-0.3, -0.25) is 0 Å². The number of hydrogen-bond donors (Lipinski definition) is 1. The number of nitrogens with zero attached hydrogens (tertiary/aromatic N) is 1. The van der Waals surface area contributed by atoms with Crippen LogP contribution in [0.15, 0.2) is 5.10 Å². The van der Waals surface area contributed by atoms with E-state index in [2.05, 4.69) is 24.4 Å². The van der Waals surface area contributed by atoms with Crippen LogP contribution in [0.2, 0.25) is 0 Å². The van der Waals surface area contributed by atoms with Crippen molar-refractivity contribution in [2.45, 2.75) is 45.6 Å². The Morgan fingerprint density at radius 1 is 1.46 bits per heavy atom. The smallest absolute Gasteiger partial charge is 0.0518 e. The van der Waals surface area contributed by atoms with E-state index in [9.17, 15) is 0 Å². The second kappa shape index (κ2) is 5.97. The molecule has 1 heterocycles. The van der Waals surface area contributed by atoms with E-state index < -0.39 is 0 Å². The highest BCUT2D eigenvalue weighted by Crippen LogP contribution is 2.04. The molecule has 1 saturated heterocycles. The summed E-state index contributed by atoms with van der Waals surface area (Å²) in [6.45, 7) is 6.04. The van der Waals surface area contributed by atoms with Crippen LogP contribution in [-0.4, -0.2) is 25.0 Å². The van der Waals surface area contributed by atoms with Gasteiger partial charge in [-0.25, -0.2) is 0 Å². The average molecular weight is 184 g/mol. The maximum Gasteiger partial charge on any atom is 0.0518 e. The first-order chi connectivity index (χ1) is 6.33. The van der Waals surface area contributed by atoms with Gasteiger partial charge in [-0.2, -0.15) is 5.10 Å². The fourth-order valence-corrected chi connectivity index (χ4v) is 1.20. The number of ether oxygens (including phenoxy) is 1. The Morgan fingerprint density at radius 2 is 2.31 bits per heavy atom. The maximum absolute atomic E-state index is 5.35. The summed E-state index contributed by atoms with van der Waals surface area (Å²) < 4.78 is 5.35. The maximum atomic E-state index is 5.35. The highest BCUT2D eigenvalue weighted by atomic mass is 16.5. The molecule has 0 aliphatic carbocycles. The zero-order valence-electron chi connectivity index (χ0n) is 8.68. The molecule has 0 aromatic heterocycles. The predicted molar refractivity (Wildman–Crippen MR) is 55.0 cm³/mol. The molecule has 1 N–H and O–H groups in total. The second-order valence-corrected chi connectivity index (χ2v) is 3.58. The fraction of sp³-hybridized carbons (Fsp3) is 0.900. The molecular formula is C10H20N2O. The molecule has 76 valence electrons. The standard InChI is InChI=1S/C10H20N2O/c1-3-9(2)11-12-10-5-4-7-13-8-6-10/h9,11H,3-8H2,1-2H3/b12-10-. The van der Waals surface area contributed by atoms with Crippen LogP contribution in [-0.2, 0) is 4.74 Å². The summed E-state index contributed by atoms with van der Waals surface area (Å²) in [6.07, 6.45) is 4.31. The molecule has 0 aromatic carbocycles. The van der Waals surface area contributed by atoms with Gasteiger partial charge in [0.25, 0.3) is 0 Å². The molecule has 1 aliphatic heterocycles. The molecule has 0 amide bonds. The molecule has 1 aliphatic rings. The van der Waals surface area contributed by atoms with Crippen molar-refractivity contribution in [3.05, 3.63) is 0 Å². The molecule has 0 spiro atoms. The lowest BCUT2D eigenvalue weighted by Gasteiger charge is -2.09. The van der Waals surface area contributed by atoms with Crippen LogP contribution in [0.3, 0.4) is 0 Å². The first-order valence-corrected chi connectivity index (χ1v) is 5.21. The third-order valence-electron chi connectivity index (χ3n) is 2.34. The monoisotopic (exact) mass is 184 g/mol. The van der Waals surface area contributed by atoms with Gasteiger partial charge in [0.2, 0.25) is 0 Å². The van der Waals surface area contributed by atoms with Gasteiger partial charge in [0, 0.05) is 24.8 Å². The van der Waals surface area contributed by atoms with E-state index in [1.807, 2.05) is 0 Å². The van der Waals surface area contributed by atoms with Gasteiger partial charge in [-0.1, -0.05) is 6.92 Å². The Hall–Kier alpha value is -0.570. The summed E-state index contributed by atoms with van der Waals surface area (Å²) >= 11 is 0. The van der Waals surface area contributed by atoms with Crippen molar-refractivity contribution in [3.8, 4) is 0 Å². The lowest BCUT2D eigenvalue weighted by molar-refractivity contribution is 0.147. The molecule has 0 radical (unpaired) electrons. The minimum absolute atomic E-state index is 0.483. The summed E-state index contributed by atoms with van der Waals surface area (Å²) in [4.78, 5) is 0. The van der Waals surface area contributed by atoms with Crippen molar-refractivity contribution >= 4 is 5.71 Å². The number of rotatable bonds is 3. The largest absolute Gasteiger partial charge is 0.381 e. The molecule has 1 rings (SSSR count). The Morgan fingerprint density at radius 3 is 3.08 bits per heavy atom. The van der Waals surface area contributed by atoms with Crippen LogP contribution in [0.25, 0.3) is 0 Å². The summed E-state index contributed by atoms with van der Waals surface area (Å²) in [7, 11) is 0. The SMILES string of the molecule is CCC(C)N/N=C1/CCCOCC1. The number of nitrogens with one attached hydrogen (secondary N) is 1. The summed E-state index contributed by atoms with van der Waals surface area (Å²) in [5, 5.41) is 4.40. The zero-order chi connectivity index (χ0) is 9.52. The van der Waals surface area contributed by atoms with Crippen LogP contribution in [0.4, 0.5) is 0 Å². The van der Waals surface area contributed by atoms with Crippen molar-refractivity contribution in [2.75, 3.05) is 13.2 Å². The van der Waals surface area contributed by atoms with Gasteiger partial charge in [0.15, 0.2) is 0 Å². The van der Waals surface area contributed by atoms with Gasteiger partial charge >= 0.3 is 0 Å². The highest BCUT2D eigenvalue weighted by molar-refractivity contribution is 5.84. The van der Waals surface area contributed by atoms with Crippen molar-refractivity contribution < 1.29 is 4.74 Å². The second-order valence-electron chi connectivity index (χ2n) is 3.58. The molecule has 1 fully saturated rings. The minimum atomic E-state index is 0.483. The minimum Gasteiger partial charge on any atom is -0.381 e. The Labute approximate surface area is 80.5 Å². The van der Waals surface area contributed by atoms with Crippen molar-refractivity contribution in [2.24, 2.45) is 5.10 Å². The first kappa shape index (κ1) is 10.5. The van der Waals surface area contributed by atoms with E-state index in [0.717, 1.165) is 38.9 Å². The van der Waals surface area contributed by atoms with E-state index in [-0.39, 0.29) is 0 Å². The van der Waals surface area contributed by atoms with E-state index in [1.54, 1.807) is 0 Å². The molecule has 0 bridgehead atoms. The normalized spacial score (nSPS) is 24.0. The van der Waals surface area contributed by atoms with E-state index in [0.29, 0.717) is 6.04 Å². The molecule has 3 heteroatoms. The van der Waals surface area contributed by atoms with Crippen molar-refractivity contribution in [3.63, 3.8) is 0 Å². The van der Waals surface area contributed by atoms with E-state index in [1.165, 1.54) is 5.71 Å². The van der Waals surface area contributed by atoms with Crippen LogP contribution >= 0.6 is 0 Å². The Bertz CT molecular complexity index is 158. The summed E-state index contributed by atoms with van der Waals surface area (Å²) in [5.74, 6) is 0. The zero-order valence-corrected chi connectivity index (χ0v) is 8.68. The molecule has 1 unspecified atom stereocenters. The van der Waals surface area contributed by atoms with Crippen LogP contribution in [0, 0.1) is 0 Å². The van der Waals surface area contributed by atoms with Crippen molar-refractivity contribution in [1.29, 1.82) is 0 Å². The summed E-state index contributed by atoms with van der Waals surface area (Å²) in [5.41, 5.74) is 4.42. The fourth-order valence-electron chi connectivity index (χ4n) is 1.20. The lowest BCUT2D eigenvalue weighted by Crippen LogP contribution is -2.21. The third-order valence-corrected chi connectivity index (χ3v) is 2.34. The van der Waals surface area contributed by atoms with Gasteiger partial charge in [-0.15, -0.1) is 0 Å². The number of hydrogen-bond acceptors (Lipinski definition) is 3. The van der Waals surface area contributed by atoms with Gasteiger partial charge in [0.1, 0.15) is 0 Å². The highest BCUT2D eigenvalue weighted by Gasteiger charge is 2.05. The molecule has 3 nitrogen and oxygen atoms in total. The average Bonchev–Trinajstić information content (AvgIpc) is 2.42. The quantitative estimate of drug-likeness (QED) is 0.680. The summed E-state index contributed by atoms with van der Waals surface area (Å²) in [6, 6.07) is 0.483. The van der Waals surface area contributed by atoms with Gasteiger partial charge < -0.3 is 10.2 Å². The molecule has 0 aromatic rings. The lowest BCUT2D eigenvalue weighted by atomic mass is 10.2. The third kappa shape index (κ3) is 4.27. The van der Waals surface area contributed by atoms with Gasteiger partial charge in [0.05, 0.1) is 6.61 Å². The first-order valence-electron chi connectivity index (χ1n) is 5.21. The number of hydrazone groups is 1. The van der Waals surface area contributed by atoms with Crippen LogP contribution in [0.1, 0.15) is 39.5 Å². The Balaban J connectivity index is 2.30.